The van der Waals surface area contributed by atoms with Crippen molar-refractivity contribution in [3.63, 3.8) is 0 Å². The number of rotatable bonds is 4. The number of nitrogens with zero attached hydrogens (tertiary/aromatic N) is 1. The zero-order chi connectivity index (χ0) is 15.5. The van der Waals surface area contributed by atoms with Crippen LogP contribution in [-0.4, -0.2) is 21.2 Å². The highest BCUT2D eigenvalue weighted by molar-refractivity contribution is 5.46. The molecule has 3 rings (SSSR count). The van der Waals surface area contributed by atoms with Crippen molar-refractivity contribution in [1.29, 1.82) is 0 Å². The minimum Gasteiger partial charge on any atom is -0.497 e. The topological polar surface area (TPSA) is 30.9 Å². The lowest BCUT2D eigenvalue weighted by Gasteiger charge is -2.14. The first-order valence-electron chi connectivity index (χ1n) is 7.41. The molecule has 0 amide bonds. The van der Waals surface area contributed by atoms with E-state index in [2.05, 4.69) is 29.2 Å². The standard InChI is InChI=1S/C18H21NO3/c1-19(2)15-8-4-13(5-9-15)17-12-18(22-21-17)14-6-10-16(20-3)11-7-14/h4-11,17-18H,12H2,1-3H3/t17-,18?/m0/s1. The first-order valence-corrected chi connectivity index (χ1v) is 7.41. The number of anilines is 1. The van der Waals surface area contributed by atoms with Gasteiger partial charge in [-0.2, -0.15) is 0 Å². The van der Waals surface area contributed by atoms with Crippen molar-refractivity contribution >= 4 is 5.69 Å². The van der Waals surface area contributed by atoms with Gasteiger partial charge in [-0.3, -0.25) is 0 Å². The molecule has 0 aliphatic carbocycles. The zero-order valence-corrected chi connectivity index (χ0v) is 13.2. The molecule has 0 bridgehead atoms. The van der Waals surface area contributed by atoms with Crippen LogP contribution in [0.25, 0.3) is 0 Å². The molecule has 2 aromatic rings. The fourth-order valence-corrected chi connectivity index (χ4v) is 2.60. The Balaban J connectivity index is 1.68. The van der Waals surface area contributed by atoms with Gasteiger partial charge in [0.25, 0.3) is 0 Å². The van der Waals surface area contributed by atoms with Crippen LogP contribution in [0.4, 0.5) is 5.69 Å². The van der Waals surface area contributed by atoms with Crippen molar-refractivity contribution in [2.24, 2.45) is 0 Å². The van der Waals surface area contributed by atoms with Crippen LogP contribution in [0.3, 0.4) is 0 Å². The van der Waals surface area contributed by atoms with Gasteiger partial charge in [0, 0.05) is 26.2 Å². The molecule has 0 spiro atoms. The number of ether oxygens (including phenoxy) is 1. The van der Waals surface area contributed by atoms with Gasteiger partial charge in [0.05, 0.1) is 7.11 Å². The predicted octanol–water partition coefficient (Wildman–Crippen LogP) is 3.90. The molecule has 2 atom stereocenters. The molecule has 0 saturated carbocycles. The van der Waals surface area contributed by atoms with Crippen molar-refractivity contribution in [3.8, 4) is 5.75 Å². The van der Waals surface area contributed by atoms with Gasteiger partial charge >= 0.3 is 0 Å². The van der Waals surface area contributed by atoms with E-state index in [0.29, 0.717) is 0 Å². The second kappa shape index (κ2) is 6.38. The normalized spacial score (nSPS) is 20.9. The molecule has 1 aliphatic rings. The lowest BCUT2D eigenvalue weighted by atomic mass is 9.99. The van der Waals surface area contributed by atoms with Crippen LogP contribution in [0, 0.1) is 0 Å². The van der Waals surface area contributed by atoms with E-state index in [4.69, 9.17) is 14.5 Å². The molecule has 0 radical (unpaired) electrons. The molecular formula is C18H21NO3. The number of hydrogen-bond acceptors (Lipinski definition) is 4. The molecule has 22 heavy (non-hydrogen) atoms. The quantitative estimate of drug-likeness (QED) is 0.801. The van der Waals surface area contributed by atoms with Crippen LogP contribution in [0.2, 0.25) is 0 Å². The van der Waals surface area contributed by atoms with Gasteiger partial charge in [-0.1, -0.05) is 24.3 Å². The van der Waals surface area contributed by atoms with Crippen LogP contribution >= 0.6 is 0 Å². The SMILES string of the molecule is COc1ccc(C2C[C@@H](c3ccc(N(C)C)cc3)OO2)cc1. The molecule has 1 heterocycles. The average Bonchev–Trinajstić information content (AvgIpc) is 3.05. The Kier molecular flexibility index (Phi) is 4.32. The van der Waals surface area contributed by atoms with Crippen molar-refractivity contribution < 1.29 is 14.5 Å². The monoisotopic (exact) mass is 299 g/mol. The summed E-state index contributed by atoms with van der Waals surface area (Å²) in [6, 6.07) is 16.3. The Morgan fingerprint density at radius 2 is 1.36 bits per heavy atom. The van der Waals surface area contributed by atoms with E-state index < -0.39 is 0 Å². The Hall–Kier alpha value is -2.04. The maximum Gasteiger partial charge on any atom is 0.121 e. The fourth-order valence-electron chi connectivity index (χ4n) is 2.60. The van der Waals surface area contributed by atoms with Gasteiger partial charge in [-0.05, 0) is 35.4 Å². The van der Waals surface area contributed by atoms with Crippen LogP contribution in [-0.2, 0) is 9.78 Å². The molecule has 1 saturated heterocycles. The summed E-state index contributed by atoms with van der Waals surface area (Å²) >= 11 is 0. The minimum absolute atomic E-state index is 0.0247. The van der Waals surface area contributed by atoms with E-state index >= 15 is 0 Å². The summed E-state index contributed by atoms with van der Waals surface area (Å²) in [4.78, 5) is 13.1. The Bertz CT molecular complexity index is 607. The summed E-state index contributed by atoms with van der Waals surface area (Å²) < 4.78 is 5.18. The van der Waals surface area contributed by atoms with E-state index in [0.717, 1.165) is 23.3 Å². The Morgan fingerprint density at radius 1 is 0.864 bits per heavy atom. The molecule has 116 valence electrons. The third-order valence-electron chi connectivity index (χ3n) is 3.98. The van der Waals surface area contributed by atoms with Gasteiger partial charge in [0.1, 0.15) is 18.0 Å². The van der Waals surface area contributed by atoms with E-state index in [1.165, 1.54) is 5.69 Å². The third-order valence-corrected chi connectivity index (χ3v) is 3.98. The summed E-state index contributed by atoms with van der Waals surface area (Å²) in [5.41, 5.74) is 3.42. The third kappa shape index (κ3) is 3.08. The maximum absolute atomic E-state index is 5.52. The van der Waals surface area contributed by atoms with Gasteiger partial charge in [0.2, 0.25) is 0 Å². The smallest absolute Gasteiger partial charge is 0.121 e. The Labute approximate surface area is 131 Å². The second-order valence-electron chi connectivity index (χ2n) is 5.66. The molecule has 0 N–H and O–H groups in total. The van der Waals surface area contributed by atoms with Crippen LogP contribution in [0.15, 0.2) is 48.5 Å². The first kappa shape index (κ1) is 14.9. The average molecular weight is 299 g/mol. The highest BCUT2D eigenvalue weighted by Crippen LogP contribution is 2.39. The largest absolute Gasteiger partial charge is 0.497 e. The molecule has 1 aliphatic heterocycles. The molecule has 4 heteroatoms. The second-order valence-corrected chi connectivity index (χ2v) is 5.66. The summed E-state index contributed by atoms with van der Waals surface area (Å²) in [6.07, 6.45) is 0.751. The van der Waals surface area contributed by atoms with Gasteiger partial charge < -0.3 is 9.64 Å². The molecule has 0 aromatic heterocycles. The zero-order valence-electron chi connectivity index (χ0n) is 13.2. The van der Waals surface area contributed by atoms with Crippen LogP contribution in [0.1, 0.15) is 29.8 Å². The summed E-state index contributed by atoms with van der Waals surface area (Å²) in [7, 11) is 5.73. The molecule has 4 nitrogen and oxygen atoms in total. The van der Waals surface area contributed by atoms with E-state index in [-0.39, 0.29) is 12.2 Å². The minimum atomic E-state index is -0.0376. The van der Waals surface area contributed by atoms with E-state index in [1.54, 1.807) is 7.11 Å². The molecular weight excluding hydrogens is 278 g/mol. The lowest BCUT2D eigenvalue weighted by Crippen LogP contribution is -2.08. The van der Waals surface area contributed by atoms with Crippen molar-refractivity contribution in [1.82, 2.24) is 0 Å². The number of methoxy groups -OCH3 is 1. The van der Waals surface area contributed by atoms with Gasteiger partial charge in [-0.25, -0.2) is 9.78 Å². The number of hydrogen-bond donors (Lipinski definition) is 0. The van der Waals surface area contributed by atoms with Crippen molar-refractivity contribution in [2.75, 3.05) is 26.1 Å². The fraction of sp³-hybridized carbons (Fsp3) is 0.333. The highest BCUT2D eigenvalue weighted by Gasteiger charge is 2.29. The number of benzene rings is 2. The summed E-state index contributed by atoms with van der Waals surface area (Å²) in [5, 5.41) is 0. The van der Waals surface area contributed by atoms with Gasteiger partial charge in [0.15, 0.2) is 0 Å². The first-order chi connectivity index (χ1) is 10.7. The molecule has 1 unspecified atom stereocenters. The van der Waals surface area contributed by atoms with Gasteiger partial charge in [-0.15, -0.1) is 0 Å². The highest BCUT2D eigenvalue weighted by atomic mass is 17.2. The van der Waals surface area contributed by atoms with Crippen molar-refractivity contribution in [2.45, 2.75) is 18.6 Å². The van der Waals surface area contributed by atoms with E-state index in [9.17, 15) is 0 Å². The van der Waals surface area contributed by atoms with E-state index in [1.807, 2.05) is 38.4 Å². The maximum atomic E-state index is 5.52. The predicted molar refractivity (Wildman–Crippen MR) is 86.0 cm³/mol. The Morgan fingerprint density at radius 3 is 1.82 bits per heavy atom. The summed E-state index contributed by atoms with van der Waals surface area (Å²) in [5.74, 6) is 0.846. The molecule has 2 aromatic carbocycles. The van der Waals surface area contributed by atoms with Crippen LogP contribution < -0.4 is 9.64 Å². The van der Waals surface area contributed by atoms with Crippen LogP contribution in [0.5, 0.6) is 5.75 Å². The van der Waals surface area contributed by atoms with Crippen molar-refractivity contribution in [3.05, 3.63) is 59.7 Å². The lowest BCUT2D eigenvalue weighted by molar-refractivity contribution is -0.300. The summed E-state index contributed by atoms with van der Waals surface area (Å²) in [6.45, 7) is 0. The molecule has 1 fully saturated rings.